The van der Waals surface area contributed by atoms with Crippen molar-refractivity contribution in [1.82, 2.24) is 19.4 Å². The van der Waals surface area contributed by atoms with E-state index < -0.39 is 0 Å². The third-order valence-corrected chi connectivity index (χ3v) is 7.12. The van der Waals surface area contributed by atoms with Crippen LogP contribution in [0.3, 0.4) is 0 Å². The van der Waals surface area contributed by atoms with Gasteiger partial charge in [-0.15, -0.1) is 0 Å². The van der Waals surface area contributed by atoms with Gasteiger partial charge in [0.25, 0.3) is 5.91 Å². The molecule has 2 aliphatic heterocycles. The van der Waals surface area contributed by atoms with Crippen LogP contribution in [0.25, 0.3) is 11.0 Å². The fourth-order valence-corrected chi connectivity index (χ4v) is 5.33. The van der Waals surface area contributed by atoms with Crippen LogP contribution in [-0.2, 0) is 18.4 Å². The van der Waals surface area contributed by atoms with Crippen LogP contribution in [0.4, 0.5) is 0 Å². The highest BCUT2D eigenvalue weighted by atomic mass is 16.5. The first-order chi connectivity index (χ1) is 16.0. The maximum Gasteiger partial charge on any atom is 0.254 e. The third kappa shape index (κ3) is 4.08. The van der Waals surface area contributed by atoms with Crippen molar-refractivity contribution in [2.75, 3.05) is 13.7 Å². The molecule has 2 aliphatic rings. The van der Waals surface area contributed by atoms with Crippen molar-refractivity contribution < 1.29 is 14.3 Å². The first kappa shape index (κ1) is 21.5. The Morgan fingerprint density at radius 1 is 1.09 bits per heavy atom. The van der Waals surface area contributed by atoms with Crippen LogP contribution in [-0.4, -0.2) is 56.9 Å². The van der Waals surface area contributed by atoms with Gasteiger partial charge in [0.1, 0.15) is 5.75 Å². The zero-order chi connectivity index (χ0) is 22.9. The summed E-state index contributed by atoms with van der Waals surface area (Å²) in [6.45, 7) is 1.23. The summed E-state index contributed by atoms with van der Waals surface area (Å²) in [7, 11) is 3.60. The molecule has 5 rings (SSSR count). The maximum absolute atomic E-state index is 13.5. The molecule has 172 valence electrons. The van der Waals surface area contributed by atoms with E-state index in [1.54, 1.807) is 13.4 Å². The zero-order valence-corrected chi connectivity index (χ0v) is 19.2. The number of likely N-dealkylation sites (tertiary alicyclic amines) is 2. The zero-order valence-electron chi connectivity index (χ0n) is 19.2. The van der Waals surface area contributed by atoms with Crippen LogP contribution in [0, 0.1) is 0 Å². The van der Waals surface area contributed by atoms with Crippen molar-refractivity contribution in [1.29, 1.82) is 0 Å². The van der Waals surface area contributed by atoms with Crippen LogP contribution in [0.5, 0.6) is 5.75 Å². The Labute approximate surface area is 193 Å². The molecule has 2 aromatic carbocycles. The van der Waals surface area contributed by atoms with Crippen molar-refractivity contribution in [3.05, 3.63) is 59.9 Å². The molecular formula is C26H30N4O3. The number of hydrogen-bond donors (Lipinski definition) is 0. The van der Waals surface area contributed by atoms with E-state index in [0.717, 1.165) is 48.0 Å². The summed E-state index contributed by atoms with van der Waals surface area (Å²) >= 11 is 0. The van der Waals surface area contributed by atoms with E-state index in [9.17, 15) is 9.59 Å². The summed E-state index contributed by atoms with van der Waals surface area (Å²) in [6, 6.07) is 13.7. The lowest BCUT2D eigenvalue weighted by Crippen LogP contribution is -2.49. The number of nitrogens with zero attached hydrogens (tertiary/aromatic N) is 4. The van der Waals surface area contributed by atoms with E-state index in [1.807, 2.05) is 63.9 Å². The molecule has 2 atom stereocenters. The van der Waals surface area contributed by atoms with Gasteiger partial charge in [-0.25, -0.2) is 4.98 Å². The molecule has 2 fully saturated rings. The van der Waals surface area contributed by atoms with Crippen molar-refractivity contribution in [2.24, 2.45) is 7.05 Å². The molecule has 7 nitrogen and oxygen atoms in total. The predicted octanol–water partition coefficient (Wildman–Crippen LogP) is 3.77. The van der Waals surface area contributed by atoms with E-state index in [2.05, 4.69) is 4.98 Å². The number of amides is 2. The minimum atomic E-state index is 0.0347. The van der Waals surface area contributed by atoms with E-state index in [4.69, 9.17) is 4.74 Å². The molecule has 0 radical (unpaired) electrons. The van der Waals surface area contributed by atoms with Gasteiger partial charge < -0.3 is 19.1 Å². The SMILES string of the molecule is COc1ccc(CN2C(=O)CCCC[C@@H]3[C@@H]2CCN3C(=O)c2ccc3c(c2)ncn3C)cc1. The molecule has 0 saturated carbocycles. The number of aromatic nitrogens is 2. The van der Waals surface area contributed by atoms with Crippen molar-refractivity contribution >= 4 is 22.8 Å². The number of aryl methyl sites for hydroxylation is 1. The monoisotopic (exact) mass is 446 g/mol. The van der Waals surface area contributed by atoms with Crippen LogP contribution >= 0.6 is 0 Å². The normalized spacial score (nSPS) is 21.1. The average Bonchev–Trinajstić information content (AvgIpc) is 3.42. The number of methoxy groups -OCH3 is 1. The average molecular weight is 447 g/mol. The lowest BCUT2D eigenvalue weighted by Gasteiger charge is -2.37. The number of ether oxygens (including phenoxy) is 1. The molecule has 0 spiro atoms. The van der Waals surface area contributed by atoms with Gasteiger partial charge in [-0.05, 0) is 55.2 Å². The quantitative estimate of drug-likeness (QED) is 0.612. The Morgan fingerprint density at radius 3 is 2.70 bits per heavy atom. The van der Waals surface area contributed by atoms with E-state index >= 15 is 0 Å². The standard InChI is InChI=1S/C26H30N4O3/c1-28-17-27-21-15-19(9-12-22(21)28)26(32)29-14-13-24-23(29)5-3-4-6-25(31)30(24)16-18-7-10-20(33-2)11-8-18/h7-12,15,17,23-24H,3-6,13-14,16H2,1-2H3/t23-,24+/m1/s1. The second kappa shape index (κ2) is 8.89. The number of hydrogen-bond acceptors (Lipinski definition) is 4. The van der Waals surface area contributed by atoms with Crippen LogP contribution in [0.2, 0.25) is 0 Å². The maximum atomic E-state index is 13.5. The number of carbonyl (C=O) groups excluding carboxylic acids is 2. The highest BCUT2D eigenvalue weighted by molar-refractivity contribution is 5.97. The number of fused-ring (bicyclic) bond motifs is 2. The number of benzene rings is 2. The van der Waals surface area contributed by atoms with Gasteiger partial charge >= 0.3 is 0 Å². The summed E-state index contributed by atoms with van der Waals surface area (Å²) in [4.78, 5) is 35.1. The second-order valence-electron chi connectivity index (χ2n) is 9.10. The molecule has 0 N–H and O–H groups in total. The molecule has 3 heterocycles. The Bertz CT molecular complexity index is 1170. The van der Waals surface area contributed by atoms with Crippen LogP contribution in [0.15, 0.2) is 48.8 Å². The fourth-order valence-electron chi connectivity index (χ4n) is 5.33. The first-order valence-corrected chi connectivity index (χ1v) is 11.7. The van der Waals surface area contributed by atoms with Crippen molar-refractivity contribution in [2.45, 2.75) is 50.7 Å². The van der Waals surface area contributed by atoms with Gasteiger partial charge in [-0.3, -0.25) is 9.59 Å². The smallest absolute Gasteiger partial charge is 0.254 e. The highest BCUT2D eigenvalue weighted by Crippen LogP contribution is 2.32. The lowest BCUT2D eigenvalue weighted by atomic mass is 9.96. The topological polar surface area (TPSA) is 67.7 Å². The minimum Gasteiger partial charge on any atom is -0.497 e. The third-order valence-electron chi connectivity index (χ3n) is 7.12. The van der Waals surface area contributed by atoms with Gasteiger partial charge in [0, 0.05) is 32.1 Å². The molecule has 33 heavy (non-hydrogen) atoms. The minimum absolute atomic E-state index is 0.0347. The van der Waals surface area contributed by atoms with Crippen LogP contribution < -0.4 is 4.74 Å². The summed E-state index contributed by atoms with van der Waals surface area (Å²) in [5.41, 5.74) is 3.58. The second-order valence-corrected chi connectivity index (χ2v) is 9.10. The lowest BCUT2D eigenvalue weighted by molar-refractivity contribution is -0.135. The Kier molecular flexibility index (Phi) is 5.79. The molecule has 0 bridgehead atoms. The fraction of sp³-hybridized carbons (Fsp3) is 0.423. The molecular weight excluding hydrogens is 416 g/mol. The molecule has 2 amide bonds. The molecule has 7 heteroatoms. The molecule has 3 aromatic rings. The molecule has 0 unspecified atom stereocenters. The number of rotatable bonds is 4. The van der Waals surface area contributed by atoms with Crippen molar-refractivity contribution in [3.8, 4) is 5.75 Å². The Morgan fingerprint density at radius 2 is 1.91 bits per heavy atom. The Hall–Kier alpha value is -3.35. The Balaban J connectivity index is 1.39. The van der Waals surface area contributed by atoms with Gasteiger partial charge in [-0.1, -0.05) is 18.6 Å². The summed E-state index contributed by atoms with van der Waals surface area (Å²) in [5, 5.41) is 0. The number of carbonyl (C=O) groups is 2. The summed E-state index contributed by atoms with van der Waals surface area (Å²) in [5.74, 6) is 1.02. The van der Waals surface area contributed by atoms with E-state index in [0.29, 0.717) is 25.1 Å². The summed E-state index contributed by atoms with van der Waals surface area (Å²) < 4.78 is 7.22. The first-order valence-electron chi connectivity index (χ1n) is 11.7. The molecule has 1 aromatic heterocycles. The predicted molar refractivity (Wildman–Crippen MR) is 126 cm³/mol. The highest BCUT2D eigenvalue weighted by Gasteiger charge is 2.42. The van der Waals surface area contributed by atoms with Gasteiger partial charge in [0.2, 0.25) is 5.91 Å². The van der Waals surface area contributed by atoms with E-state index in [1.165, 1.54) is 0 Å². The van der Waals surface area contributed by atoms with Gasteiger partial charge in [0.15, 0.2) is 0 Å². The summed E-state index contributed by atoms with van der Waals surface area (Å²) in [6.07, 6.45) is 5.90. The largest absolute Gasteiger partial charge is 0.497 e. The van der Waals surface area contributed by atoms with Crippen molar-refractivity contribution in [3.63, 3.8) is 0 Å². The van der Waals surface area contributed by atoms with Crippen LogP contribution in [0.1, 0.15) is 48.0 Å². The van der Waals surface area contributed by atoms with E-state index in [-0.39, 0.29) is 23.9 Å². The molecule has 0 aliphatic carbocycles. The van der Waals surface area contributed by atoms with Gasteiger partial charge in [0.05, 0.1) is 36.6 Å². The number of imidazole rings is 1. The molecule has 2 saturated heterocycles. The van der Waals surface area contributed by atoms with Gasteiger partial charge in [-0.2, -0.15) is 0 Å².